The van der Waals surface area contributed by atoms with Gasteiger partial charge in [0.1, 0.15) is 0 Å². The third-order valence-corrected chi connectivity index (χ3v) is 5.29. The fraction of sp³-hybridized carbons (Fsp3) is 0.500. The van der Waals surface area contributed by atoms with Crippen molar-refractivity contribution in [2.75, 3.05) is 13.6 Å². The molecule has 1 aromatic carbocycles. The molecule has 0 saturated heterocycles. The maximum absolute atomic E-state index is 6.22. The minimum absolute atomic E-state index is 0. The fourth-order valence-electron chi connectivity index (χ4n) is 3.11. The largest absolute Gasteiger partial charge is 0.356 e. The highest BCUT2D eigenvalue weighted by molar-refractivity contribution is 14.0. The van der Waals surface area contributed by atoms with Crippen LogP contribution in [-0.4, -0.2) is 35.4 Å². The lowest BCUT2D eigenvalue weighted by atomic mass is 10.1. The Balaban J connectivity index is 0.00000392. The molecule has 1 aromatic heterocycles. The van der Waals surface area contributed by atoms with Crippen molar-refractivity contribution in [3.63, 3.8) is 0 Å². The first-order valence-corrected chi connectivity index (χ1v) is 9.97. The third kappa shape index (κ3) is 7.12. The predicted molar refractivity (Wildman–Crippen MR) is 131 cm³/mol. The number of aliphatic imine (C=N–C) groups is 1. The molecule has 0 fully saturated rings. The number of nitrogens with one attached hydrogen (secondary N) is 2. The zero-order chi connectivity index (χ0) is 20.0. The SMILES string of the molecule is CN=C(NCCCc1ccc(Cl)cc1Cl)NC(C)Cc1c(C)nn(C)c1C.I. The van der Waals surface area contributed by atoms with Crippen molar-refractivity contribution in [1.29, 1.82) is 0 Å². The molecule has 5 nitrogen and oxygen atoms in total. The second kappa shape index (κ2) is 11.9. The monoisotopic (exact) mass is 537 g/mol. The van der Waals surface area contributed by atoms with Crippen LogP contribution in [0.15, 0.2) is 23.2 Å². The Labute approximate surface area is 195 Å². The van der Waals surface area contributed by atoms with Gasteiger partial charge in [-0.3, -0.25) is 9.67 Å². The Bertz CT molecular complexity index is 804. The maximum atomic E-state index is 6.22. The molecule has 0 aliphatic heterocycles. The molecule has 2 aromatic rings. The summed E-state index contributed by atoms with van der Waals surface area (Å²) in [6.07, 6.45) is 2.76. The van der Waals surface area contributed by atoms with Gasteiger partial charge in [0.25, 0.3) is 0 Å². The number of hydrogen-bond acceptors (Lipinski definition) is 2. The molecule has 2 rings (SSSR count). The van der Waals surface area contributed by atoms with Crippen LogP contribution in [0, 0.1) is 13.8 Å². The molecule has 2 N–H and O–H groups in total. The summed E-state index contributed by atoms with van der Waals surface area (Å²) < 4.78 is 1.94. The number of nitrogens with zero attached hydrogens (tertiary/aromatic N) is 3. The van der Waals surface area contributed by atoms with Crippen molar-refractivity contribution in [3.8, 4) is 0 Å². The van der Waals surface area contributed by atoms with E-state index in [1.165, 1.54) is 11.3 Å². The first-order chi connectivity index (χ1) is 12.8. The first kappa shape index (κ1) is 25.0. The topological polar surface area (TPSA) is 54.2 Å². The molecule has 8 heteroatoms. The first-order valence-electron chi connectivity index (χ1n) is 9.22. The Hall–Kier alpha value is -0.990. The molecule has 0 bridgehead atoms. The van der Waals surface area contributed by atoms with Gasteiger partial charge in [0.15, 0.2) is 5.96 Å². The number of guanidine groups is 1. The maximum Gasteiger partial charge on any atom is 0.191 e. The molecular weight excluding hydrogens is 508 g/mol. The standard InChI is InChI=1S/C20H29Cl2N5.HI/c1-13(11-18-14(2)26-27(5)15(18)3)25-20(23-4)24-10-6-7-16-8-9-17(21)12-19(16)22;/h8-9,12-13H,6-7,10-11H2,1-5H3,(H2,23,24,25);1H. The average molecular weight is 538 g/mol. The van der Waals surface area contributed by atoms with Crippen LogP contribution in [0.4, 0.5) is 0 Å². The summed E-state index contributed by atoms with van der Waals surface area (Å²) in [5.41, 5.74) is 4.71. The molecule has 0 aliphatic carbocycles. The van der Waals surface area contributed by atoms with Crippen molar-refractivity contribution >= 4 is 53.1 Å². The molecule has 0 radical (unpaired) electrons. The van der Waals surface area contributed by atoms with Crippen molar-refractivity contribution in [1.82, 2.24) is 20.4 Å². The van der Waals surface area contributed by atoms with E-state index in [-0.39, 0.29) is 30.0 Å². The van der Waals surface area contributed by atoms with Gasteiger partial charge in [-0.1, -0.05) is 29.3 Å². The zero-order valence-electron chi connectivity index (χ0n) is 17.1. The van der Waals surface area contributed by atoms with Crippen molar-refractivity contribution in [2.45, 2.75) is 46.1 Å². The van der Waals surface area contributed by atoms with Gasteiger partial charge in [0.05, 0.1) is 5.69 Å². The number of rotatable bonds is 7. The Morgan fingerprint density at radius 2 is 2.00 bits per heavy atom. The molecule has 0 spiro atoms. The zero-order valence-corrected chi connectivity index (χ0v) is 21.0. The second-order valence-corrected chi connectivity index (χ2v) is 7.70. The van der Waals surface area contributed by atoms with Crippen LogP contribution in [0.25, 0.3) is 0 Å². The van der Waals surface area contributed by atoms with Crippen LogP contribution in [0.2, 0.25) is 10.0 Å². The van der Waals surface area contributed by atoms with Crippen molar-refractivity contribution in [2.24, 2.45) is 12.0 Å². The normalized spacial score (nSPS) is 12.5. The van der Waals surface area contributed by atoms with Crippen LogP contribution < -0.4 is 10.6 Å². The molecule has 1 unspecified atom stereocenters. The minimum Gasteiger partial charge on any atom is -0.356 e. The molecule has 0 saturated carbocycles. The summed E-state index contributed by atoms with van der Waals surface area (Å²) in [4.78, 5) is 4.32. The van der Waals surface area contributed by atoms with Gasteiger partial charge in [-0.2, -0.15) is 5.10 Å². The van der Waals surface area contributed by atoms with Crippen LogP contribution in [-0.2, 0) is 19.9 Å². The number of aromatic nitrogens is 2. The minimum atomic E-state index is 0. The van der Waals surface area contributed by atoms with Crippen LogP contribution in [0.5, 0.6) is 0 Å². The lowest BCUT2D eigenvalue weighted by Gasteiger charge is -2.18. The molecule has 0 aliphatic rings. The van der Waals surface area contributed by atoms with Gasteiger partial charge >= 0.3 is 0 Å². The molecular formula is C20H30Cl2IN5. The van der Waals surface area contributed by atoms with Crippen LogP contribution in [0.3, 0.4) is 0 Å². The van der Waals surface area contributed by atoms with E-state index in [9.17, 15) is 0 Å². The van der Waals surface area contributed by atoms with Gasteiger partial charge in [-0.15, -0.1) is 24.0 Å². The molecule has 1 atom stereocenters. The van der Waals surface area contributed by atoms with E-state index < -0.39 is 0 Å². The number of aryl methyl sites for hydroxylation is 3. The van der Waals surface area contributed by atoms with Crippen molar-refractivity contribution < 1.29 is 0 Å². The Morgan fingerprint density at radius 3 is 2.57 bits per heavy atom. The molecule has 1 heterocycles. The van der Waals surface area contributed by atoms with E-state index >= 15 is 0 Å². The second-order valence-electron chi connectivity index (χ2n) is 6.86. The van der Waals surface area contributed by atoms with E-state index in [4.69, 9.17) is 23.2 Å². The number of hydrogen-bond donors (Lipinski definition) is 2. The van der Waals surface area contributed by atoms with Crippen LogP contribution >= 0.6 is 47.2 Å². The summed E-state index contributed by atoms with van der Waals surface area (Å²) in [7, 11) is 3.77. The molecule has 156 valence electrons. The Morgan fingerprint density at radius 1 is 1.29 bits per heavy atom. The van der Waals surface area contributed by atoms with Gasteiger partial charge < -0.3 is 10.6 Å². The van der Waals surface area contributed by atoms with Gasteiger partial charge in [0, 0.05) is 42.4 Å². The van der Waals surface area contributed by atoms with Gasteiger partial charge in [-0.25, -0.2) is 0 Å². The van der Waals surface area contributed by atoms with E-state index in [1.807, 2.05) is 23.9 Å². The summed E-state index contributed by atoms with van der Waals surface area (Å²) in [5.74, 6) is 0.809. The smallest absolute Gasteiger partial charge is 0.191 e. The molecule has 0 amide bonds. The number of benzene rings is 1. The van der Waals surface area contributed by atoms with Crippen molar-refractivity contribution in [3.05, 3.63) is 50.8 Å². The lowest BCUT2D eigenvalue weighted by molar-refractivity contribution is 0.631. The third-order valence-electron chi connectivity index (χ3n) is 4.71. The molecule has 28 heavy (non-hydrogen) atoms. The average Bonchev–Trinajstić information content (AvgIpc) is 2.85. The van der Waals surface area contributed by atoms with E-state index in [0.717, 1.165) is 48.0 Å². The quantitative estimate of drug-likeness (QED) is 0.233. The number of halogens is 3. The highest BCUT2D eigenvalue weighted by Crippen LogP contribution is 2.21. The van der Waals surface area contributed by atoms with E-state index in [1.54, 1.807) is 13.1 Å². The predicted octanol–water partition coefficient (Wildman–Crippen LogP) is 4.69. The fourth-order valence-corrected chi connectivity index (χ4v) is 3.61. The van der Waals surface area contributed by atoms with Crippen LogP contribution in [0.1, 0.15) is 35.9 Å². The Kier molecular flexibility index (Phi) is 10.6. The summed E-state index contributed by atoms with van der Waals surface area (Å²) >= 11 is 12.2. The summed E-state index contributed by atoms with van der Waals surface area (Å²) in [6.45, 7) is 7.14. The highest BCUT2D eigenvalue weighted by atomic mass is 127. The van der Waals surface area contributed by atoms with Gasteiger partial charge in [0.2, 0.25) is 0 Å². The lowest BCUT2D eigenvalue weighted by Crippen LogP contribution is -2.43. The van der Waals surface area contributed by atoms with E-state index in [2.05, 4.69) is 41.5 Å². The highest BCUT2D eigenvalue weighted by Gasteiger charge is 2.14. The van der Waals surface area contributed by atoms with Gasteiger partial charge in [-0.05, 0) is 63.3 Å². The van der Waals surface area contributed by atoms with E-state index in [0.29, 0.717) is 5.02 Å². The summed E-state index contributed by atoms with van der Waals surface area (Å²) in [6, 6.07) is 5.90. The summed E-state index contributed by atoms with van der Waals surface area (Å²) in [5, 5.41) is 12.7.